The molecular formula is C10H22N2O2S. The van der Waals surface area contributed by atoms with Gasteiger partial charge in [-0.3, -0.25) is 9.00 Å². The summed E-state index contributed by atoms with van der Waals surface area (Å²) in [6.07, 6.45) is 1.77. The molecule has 0 aliphatic heterocycles. The highest BCUT2D eigenvalue weighted by Crippen LogP contribution is 2.03. The van der Waals surface area contributed by atoms with E-state index in [1.165, 1.54) is 0 Å². The second-order valence-corrected chi connectivity index (χ2v) is 5.31. The number of rotatable bonds is 8. The van der Waals surface area contributed by atoms with Gasteiger partial charge in [-0.05, 0) is 6.42 Å². The standard InChI is InChI=1S/C10H22N2O2S/c1-3-5-9(8-11)10(13)12-6-7-15(14)4-2/h9H,3-8,11H2,1-2H3,(H,12,13). The highest BCUT2D eigenvalue weighted by atomic mass is 32.2. The monoisotopic (exact) mass is 234 g/mol. The Labute approximate surface area is 94.4 Å². The molecule has 4 nitrogen and oxygen atoms in total. The van der Waals surface area contributed by atoms with Crippen molar-refractivity contribution in [2.45, 2.75) is 26.7 Å². The minimum Gasteiger partial charge on any atom is -0.355 e. The molecule has 0 aromatic heterocycles. The number of nitrogens with two attached hydrogens (primary N) is 1. The molecule has 5 heteroatoms. The summed E-state index contributed by atoms with van der Waals surface area (Å²) in [7, 11) is -0.808. The van der Waals surface area contributed by atoms with Gasteiger partial charge < -0.3 is 11.1 Å². The highest BCUT2D eigenvalue weighted by Gasteiger charge is 2.14. The number of carbonyl (C=O) groups is 1. The van der Waals surface area contributed by atoms with Crippen molar-refractivity contribution in [3.63, 3.8) is 0 Å². The van der Waals surface area contributed by atoms with E-state index in [0.717, 1.165) is 12.8 Å². The Morgan fingerprint density at radius 1 is 1.47 bits per heavy atom. The van der Waals surface area contributed by atoms with Crippen LogP contribution in [0.25, 0.3) is 0 Å². The molecule has 3 N–H and O–H groups in total. The Morgan fingerprint density at radius 3 is 2.60 bits per heavy atom. The summed E-state index contributed by atoms with van der Waals surface area (Å²) in [5.41, 5.74) is 5.50. The van der Waals surface area contributed by atoms with E-state index in [1.807, 2.05) is 13.8 Å². The zero-order chi connectivity index (χ0) is 11.7. The molecule has 0 fully saturated rings. The van der Waals surface area contributed by atoms with E-state index < -0.39 is 10.8 Å². The van der Waals surface area contributed by atoms with Gasteiger partial charge in [0.2, 0.25) is 5.91 Å². The van der Waals surface area contributed by atoms with Crippen molar-refractivity contribution in [3.05, 3.63) is 0 Å². The zero-order valence-corrected chi connectivity index (χ0v) is 10.4. The van der Waals surface area contributed by atoms with Gasteiger partial charge in [0, 0.05) is 35.4 Å². The largest absolute Gasteiger partial charge is 0.355 e. The van der Waals surface area contributed by atoms with Gasteiger partial charge in [0.1, 0.15) is 0 Å². The van der Waals surface area contributed by atoms with E-state index in [9.17, 15) is 9.00 Å². The summed E-state index contributed by atoms with van der Waals surface area (Å²) < 4.78 is 11.1. The summed E-state index contributed by atoms with van der Waals surface area (Å²) in [6, 6.07) is 0. The summed E-state index contributed by atoms with van der Waals surface area (Å²) in [4.78, 5) is 11.5. The molecule has 0 rings (SSSR count). The Balaban J connectivity index is 3.75. The van der Waals surface area contributed by atoms with E-state index >= 15 is 0 Å². The minimum atomic E-state index is -0.808. The van der Waals surface area contributed by atoms with Crippen LogP contribution in [0, 0.1) is 5.92 Å². The fourth-order valence-electron chi connectivity index (χ4n) is 1.28. The third-order valence-electron chi connectivity index (χ3n) is 2.24. The predicted octanol–water partition coefficient (Wildman–Crippen LogP) is 0.246. The van der Waals surface area contributed by atoms with Crippen molar-refractivity contribution in [2.24, 2.45) is 11.7 Å². The maximum Gasteiger partial charge on any atom is 0.224 e. The normalized spacial score (nSPS) is 14.6. The average molecular weight is 234 g/mol. The molecular weight excluding hydrogens is 212 g/mol. The van der Waals surface area contributed by atoms with Crippen LogP contribution in [0.4, 0.5) is 0 Å². The Morgan fingerprint density at radius 2 is 2.13 bits per heavy atom. The smallest absolute Gasteiger partial charge is 0.224 e. The zero-order valence-electron chi connectivity index (χ0n) is 9.62. The van der Waals surface area contributed by atoms with E-state index in [0.29, 0.717) is 24.6 Å². The van der Waals surface area contributed by atoms with Crippen molar-refractivity contribution in [1.82, 2.24) is 5.32 Å². The third-order valence-corrected chi connectivity index (χ3v) is 3.55. The van der Waals surface area contributed by atoms with Crippen LogP contribution in [0.1, 0.15) is 26.7 Å². The van der Waals surface area contributed by atoms with Gasteiger partial charge in [0.15, 0.2) is 0 Å². The van der Waals surface area contributed by atoms with Crippen molar-refractivity contribution in [3.8, 4) is 0 Å². The lowest BCUT2D eigenvalue weighted by Crippen LogP contribution is -2.37. The van der Waals surface area contributed by atoms with Gasteiger partial charge in [-0.25, -0.2) is 0 Å². The molecule has 0 aromatic rings. The molecule has 90 valence electrons. The van der Waals surface area contributed by atoms with E-state index in [4.69, 9.17) is 5.73 Å². The van der Waals surface area contributed by atoms with Gasteiger partial charge in [-0.15, -0.1) is 0 Å². The molecule has 0 spiro atoms. The molecule has 0 saturated carbocycles. The lowest BCUT2D eigenvalue weighted by Gasteiger charge is -2.13. The lowest BCUT2D eigenvalue weighted by atomic mass is 10.0. The molecule has 0 aromatic carbocycles. The van der Waals surface area contributed by atoms with Crippen LogP contribution < -0.4 is 11.1 Å². The van der Waals surface area contributed by atoms with Crippen LogP contribution in [0.5, 0.6) is 0 Å². The van der Waals surface area contributed by atoms with Gasteiger partial charge >= 0.3 is 0 Å². The number of hydrogen-bond acceptors (Lipinski definition) is 3. The summed E-state index contributed by atoms with van der Waals surface area (Å²) in [5.74, 6) is 1.08. The Bertz CT molecular complexity index is 210. The fraction of sp³-hybridized carbons (Fsp3) is 0.900. The molecule has 2 atom stereocenters. The number of nitrogens with one attached hydrogen (secondary N) is 1. The number of carbonyl (C=O) groups excluding carboxylic acids is 1. The van der Waals surface area contributed by atoms with Gasteiger partial charge in [-0.2, -0.15) is 0 Å². The SMILES string of the molecule is CCCC(CN)C(=O)NCCS(=O)CC. The molecule has 1 amide bonds. The minimum absolute atomic E-state index is 0.00699. The summed E-state index contributed by atoms with van der Waals surface area (Å²) in [6.45, 7) is 4.77. The first-order chi connectivity index (χ1) is 7.15. The average Bonchev–Trinajstić information content (AvgIpc) is 2.25. The number of amides is 1. The van der Waals surface area contributed by atoms with E-state index in [2.05, 4.69) is 5.32 Å². The van der Waals surface area contributed by atoms with Crippen LogP contribution in [0.15, 0.2) is 0 Å². The topological polar surface area (TPSA) is 72.2 Å². The van der Waals surface area contributed by atoms with Crippen molar-refractivity contribution in [2.75, 3.05) is 24.6 Å². The predicted molar refractivity (Wildman–Crippen MR) is 64.0 cm³/mol. The molecule has 0 aliphatic carbocycles. The molecule has 2 unspecified atom stereocenters. The van der Waals surface area contributed by atoms with Gasteiger partial charge in [0.25, 0.3) is 0 Å². The molecule has 0 radical (unpaired) electrons. The van der Waals surface area contributed by atoms with Crippen LogP contribution in [-0.2, 0) is 15.6 Å². The third kappa shape index (κ3) is 6.62. The first kappa shape index (κ1) is 14.6. The molecule has 0 bridgehead atoms. The Hall–Kier alpha value is -0.420. The molecule has 0 aliphatic rings. The maximum absolute atomic E-state index is 11.5. The second-order valence-electron chi connectivity index (χ2n) is 3.44. The first-order valence-electron chi connectivity index (χ1n) is 5.48. The second kappa shape index (κ2) is 8.85. The Kier molecular flexibility index (Phi) is 8.61. The van der Waals surface area contributed by atoms with Crippen LogP contribution in [0.2, 0.25) is 0 Å². The molecule has 0 saturated heterocycles. The van der Waals surface area contributed by atoms with Gasteiger partial charge in [-0.1, -0.05) is 20.3 Å². The van der Waals surface area contributed by atoms with E-state index in [1.54, 1.807) is 0 Å². The summed E-state index contributed by atoms with van der Waals surface area (Å²) >= 11 is 0. The van der Waals surface area contributed by atoms with Crippen LogP contribution in [-0.4, -0.2) is 34.7 Å². The van der Waals surface area contributed by atoms with Gasteiger partial charge in [0.05, 0.1) is 5.92 Å². The fourth-order valence-corrected chi connectivity index (χ4v) is 1.90. The van der Waals surface area contributed by atoms with Crippen LogP contribution in [0.3, 0.4) is 0 Å². The van der Waals surface area contributed by atoms with Crippen molar-refractivity contribution in [1.29, 1.82) is 0 Å². The quantitative estimate of drug-likeness (QED) is 0.632. The summed E-state index contributed by atoms with van der Waals surface area (Å²) in [5, 5.41) is 2.77. The van der Waals surface area contributed by atoms with E-state index in [-0.39, 0.29) is 11.8 Å². The van der Waals surface area contributed by atoms with Crippen molar-refractivity contribution < 1.29 is 9.00 Å². The number of hydrogen-bond donors (Lipinski definition) is 2. The lowest BCUT2D eigenvalue weighted by molar-refractivity contribution is -0.124. The molecule has 0 heterocycles. The molecule has 15 heavy (non-hydrogen) atoms. The highest BCUT2D eigenvalue weighted by molar-refractivity contribution is 7.84. The first-order valence-corrected chi connectivity index (χ1v) is 6.97. The maximum atomic E-state index is 11.5. The van der Waals surface area contributed by atoms with Crippen molar-refractivity contribution >= 4 is 16.7 Å². The van der Waals surface area contributed by atoms with Crippen LogP contribution >= 0.6 is 0 Å².